The second-order valence-electron chi connectivity index (χ2n) is 8.91. The maximum atomic E-state index is 11.4. The van der Waals surface area contributed by atoms with Crippen LogP contribution in [-0.2, 0) is 47.7 Å². The van der Waals surface area contributed by atoms with Crippen molar-refractivity contribution in [1.29, 1.82) is 0 Å². The lowest BCUT2D eigenvalue weighted by molar-refractivity contribution is -0.161. The summed E-state index contributed by atoms with van der Waals surface area (Å²) < 4.78 is 19.4. The van der Waals surface area contributed by atoms with Gasteiger partial charge in [-0.05, 0) is 41.5 Å². The third-order valence-corrected chi connectivity index (χ3v) is 4.09. The number of hydrogen-bond acceptors (Lipinski definition) is 12. The van der Waals surface area contributed by atoms with Gasteiger partial charge in [0.1, 0.15) is 24.4 Å². The normalized spacial score (nSPS) is 15.2. The first-order valence-electron chi connectivity index (χ1n) is 12.0. The van der Waals surface area contributed by atoms with Gasteiger partial charge in [-0.15, -0.1) is 0 Å². The molecular formula is C24H40O14. The zero-order chi connectivity index (χ0) is 30.0. The van der Waals surface area contributed by atoms with Gasteiger partial charge >= 0.3 is 35.8 Å². The number of rotatable bonds is 16. The van der Waals surface area contributed by atoms with Gasteiger partial charge in [0.2, 0.25) is 0 Å². The number of aliphatic carboxylic acids is 2. The van der Waals surface area contributed by atoms with Crippen LogP contribution in [0.25, 0.3) is 0 Å². The Labute approximate surface area is 221 Å². The van der Waals surface area contributed by atoms with Gasteiger partial charge < -0.3 is 39.4 Å². The van der Waals surface area contributed by atoms with Crippen LogP contribution in [0.1, 0.15) is 80.1 Å². The van der Waals surface area contributed by atoms with Crippen LogP contribution < -0.4 is 0 Å². The Balaban J connectivity index is 0. The number of aliphatic hydroxyl groups excluding tert-OH is 2. The predicted molar refractivity (Wildman–Crippen MR) is 129 cm³/mol. The van der Waals surface area contributed by atoms with E-state index in [2.05, 4.69) is 0 Å². The quantitative estimate of drug-likeness (QED) is 0.155. The molecule has 0 rings (SSSR count). The molecule has 0 saturated carbocycles. The number of carbonyl (C=O) groups excluding carboxylic acids is 4. The molecule has 0 aromatic rings. The Bertz CT molecular complexity index is 712. The number of carboxylic acids is 2. The topological polar surface area (TPSA) is 220 Å². The fraction of sp³-hybridized carbons (Fsp3) is 0.750. The molecule has 6 atom stereocenters. The maximum absolute atomic E-state index is 11.4. The third kappa shape index (κ3) is 24.4. The van der Waals surface area contributed by atoms with Gasteiger partial charge in [0.15, 0.2) is 0 Å². The van der Waals surface area contributed by atoms with E-state index >= 15 is 0 Å². The first-order valence-corrected chi connectivity index (χ1v) is 12.0. The summed E-state index contributed by atoms with van der Waals surface area (Å²) in [6.07, 6.45) is -5.59. The molecule has 0 aromatic carbocycles. The van der Waals surface area contributed by atoms with Crippen LogP contribution >= 0.6 is 0 Å². The number of ether oxygens (including phenoxy) is 4. The van der Waals surface area contributed by atoms with E-state index in [-0.39, 0.29) is 38.5 Å². The van der Waals surface area contributed by atoms with Crippen molar-refractivity contribution in [2.75, 3.05) is 0 Å². The number of carbonyl (C=O) groups is 6. The van der Waals surface area contributed by atoms with Crippen LogP contribution in [0.2, 0.25) is 0 Å². The highest BCUT2D eigenvalue weighted by atomic mass is 16.6. The number of carboxylic acid groups (broad SMARTS) is 2. The molecule has 0 aromatic heterocycles. The van der Waals surface area contributed by atoms with Crippen LogP contribution in [0.4, 0.5) is 0 Å². The third-order valence-electron chi connectivity index (χ3n) is 4.09. The summed E-state index contributed by atoms with van der Waals surface area (Å²) in [4.78, 5) is 65.9. The summed E-state index contributed by atoms with van der Waals surface area (Å²) >= 11 is 0. The summed E-state index contributed by atoms with van der Waals surface area (Å²) in [6.45, 7) is 8.87. The molecule has 0 aliphatic carbocycles. The molecule has 0 spiro atoms. The van der Waals surface area contributed by atoms with Crippen molar-refractivity contribution in [3.05, 3.63) is 0 Å². The van der Waals surface area contributed by atoms with Crippen molar-refractivity contribution < 1.29 is 68.1 Å². The van der Waals surface area contributed by atoms with Gasteiger partial charge in [0.25, 0.3) is 0 Å². The molecule has 0 bridgehead atoms. The molecule has 220 valence electrons. The minimum atomic E-state index is -1.06. The Morgan fingerprint density at radius 1 is 0.447 bits per heavy atom. The average Bonchev–Trinajstić information content (AvgIpc) is 2.64. The molecule has 14 heteroatoms. The fourth-order valence-electron chi connectivity index (χ4n) is 2.70. The molecule has 0 unspecified atom stereocenters. The molecule has 0 aliphatic heterocycles. The van der Waals surface area contributed by atoms with Crippen LogP contribution in [0, 0.1) is 0 Å². The fourth-order valence-corrected chi connectivity index (χ4v) is 2.70. The van der Waals surface area contributed by atoms with Crippen molar-refractivity contribution >= 4 is 35.8 Å². The highest BCUT2D eigenvalue weighted by molar-refractivity contribution is 5.74. The zero-order valence-corrected chi connectivity index (χ0v) is 22.6. The van der Waals surface area contributed by atoms with E-state index in [4.69, 9.17) is 39.4 Å². The van der Waals surface area contributed by atoms with Gasteiger partial charge in [-0.25, -0.2) is 0 Å². The first-order chi connectivity index (χ1) is 17.4. The molecule has 0 saturated heterocycles. The second-order valence-corrected chi connectivity index (χ2v) is 8.91. The molecule has 0 amide bonds. The number of esters is 4. The molecule has 0 aliphatic rings. The summed E-state index contributed by atoms with van der Waals surface area (Å²) in [6, 6.07) is 0. The van der Waals surface area contributed by atoms with E-state index in [1.807, 2.05) is 0 Å². The molecule has 0 radical (unpaired) electrons. The molecule has 38 heavy (non-hydrogen) atoms. The highest BCUT2D eigenvalue weighted by Gasteiger charge is 2.20. The number of aliphatic hydroxyl groups is 2. The predicted octanol–water partition coefficient (Wildman–Crippen LogP) is 0.971. The van der Waals surface area contributed by atoms with Gasteiger partial charge in [-0.3, -0.25) is 28.8 Å². The molecule has 14 nitrogen and oxygen atoms in total. The summed E-state index contributed by atoms with van der Waals surface area (Å²) in [5.41, 5.74) is 0. The van der Waals surface area contributed by atoms with E-state index in [1.165, 1.54) is 41.5 Å². The van der Waals surface area contributed by atoms with Crippen LogP contribution in [0.3, 0.4) is 0 Å². The van der Waals surface area contributed by atoms with Crippen LogP contribution in [-0.4, -0.2) is 92.9 Å². The van der Waals surface area contributed by atoms with E-state index in [1.54, 1.807) is 0 Å². The Kier molecular flexibility index (Phi) is 19.2. The monoisotopic (exact) mass is 552 g/mol. The molecule has 0 heterocycles. The lowest BCUT2D eigenvalue weighted by Gasteiger charge is -2.15. The van der Waals surface area contributed by atoms with Crippen molar-refractivity contribution in [3.63, 3.8) is 0 Å². The summed E-state index contributed by atoms with van der Waals surface area (Å²) in [7, 11) is 0. The Morgan fingerprint density at radius 3 is 0.868 bits per heavy atom. The minimum Gasteiger partial charge on any atom is -0.481 e. The van der Waals surface area contributed by atoms with Gasteiger partial charge in [-0.2, -0.15) is 0 Å². The first kappa shape index (κ1) is 36.9. The smallest absolute Gasteiger partial charge is 0.309 e. The van der Waals surface area contributed by atoms with E-state index in [0.717, 1.165) is 0 Å². The standard InChI is InChI=1S/2C12H20O7/c2*1-7(13)4-11(16)19-9(3)6-12(17)18-8(2)5-10(14)15/h2*7-9,13H,4-6H2,1-3H3,(H,14,15)/t2*7-,8-,9-/m11/s1. The lowest BCUT2D eigenvalue weighted by atomic mass is 10.2. The van der Waals surface area contributed by atoms with Crippen molar-refractivity contribution in [2.24, 2.45) is 0 Å². The van der Waals surface area contributed by atoms with Gasteiger partial charge in [0.05, 0.1) is 50.7 Å². The van der Waals surface area contributed by atoms with E-state index in [0.29, 0.717) is 0 Å². The Hall–Kier alpha value is -3.26. The highest BCUT2D eigenvalue weighted by Crippen LogP contribution is 2.07. The Morgan fingerprint density at radius 2 is 0.658 bits per heavy atom. The van der Waals surface area contributed by atoms with Crippen molar-refractivity contribution in [1.82, 2.24) is 0 Å². The number of hydrogen-bond donors (Lipinski definition) is 4. The summed E-state index contributed by atoms with van der Waals surface area (Å²) in [5, 5.41) is 34.9. The van der Waals surface area contributed by atoms with E-state index < -0.39 is 72.4 Å². The SMILES string of the molecule is C[C@H](CC(=O)O)OC(=O)C[C@@H](C)OC(=O)C[C@@H](C)O.C[C@H](CC(=O)O)OC(=O)C[C@@H](C)OC(=O)C[C@@H](C)O. The molecule has 4 N–H and O–H groups in total. The van der Waals surface area contributed by atoms with Crippen LogP contribution in [0.15, 0.2) is 0 Å². The maximum Gasteiger partial charge on any atom is 0.309 e. The summed E-state index contributed by atoms with van der Waals surface area (Å²) in [5.74, 6) is -4.59. The second kappa shape index (κ2) is 19.8. The zero-order valence-electron chi connectivity index (χ0n) is 22.6. The molecule has 0 fully saturated rings. The average molecular weight is 553 g/mol. The minimum absolute atomic E-state index is 0.144. The lowest BCUT2D eigenvalue weighted by Crippen LogP contribution is -2.24. The van der Waals surface area contributed by atoms with Crippen molar-refractivity contribution in [2.45, 2.75) is 117 Å². The largest absolute Gasteiger partial charge is 0.481 e. The van der Waals surface area contributed by atoms with Gasteiger partial charge in [-0.1, -0.05) is 0 Å². The van der Waals surface area contributed by atoms with Gasteiger partial charge in [0, 0.05) is 0 Å². The van der Waals surface area contributed by atoms with E-state index in [9.17, 15) is 28.8 Å². The molecular weight excluding hydrogens is 512 g/mol. The van der Waals surface area contributed by atoms with Crippen LogP contribution in [0.5, 0.6) is 0 Å². The van der Waals surface area contributed by atoms with Crippen molar-refractivity contribution in [3.8, 4) is 0 Å².